The zero-order valence-electron chi connectivity index (χ0n) is 18.5. The van der Waals surface area contributed by atoms with E-state index in [9.17, 15) is 0 Å². The maximum absolute atomic E-state index is 5.15. The average molecular weight is 416 g/mol. The molecule has 5 heteroatoms. The highest BCUT2D eigenvalue weighted by molar-refractivity contribution is 7.67. The lowest BCUT2D eigenvalue weighted by atomic mass is 10.1. The minimum Gasteiger partial charge on any atom is -0.246 e. The molecule has 2 aromatic rings. The Bertz CT molecular complexity index is 744. The Morgan fingerprint density at radius 2 is 1.11 bits per heavy atom. The lowest BCUT2D eigenvalue weighted by molar-refractivity contribution is 1.01. The van der Waals surface area contributed by atoms with E-state index in [1.54, 1.807) is 0 Å². The number of hydrogen-bond donors (Lipinski definition) is 0. The summed E-state index contributed by atoms with van der Waals surface area (Å²) in [4.78, 5) is 10.3. The van der Waals surface area contributed by atoms with E-state index in [4.69, 9.17) is 9.97 Å². The van der Waals surface area contributed by atoms with E-state index in [-0.39, 0.29) is 24.3 Å². The molecule has 28 heavy (non-hydrogen) atoms. The molecular weight excluding hydrogens is 377 g/mol. The van der Waals surface area contributed by atoms with Gasteiger partial charge in [0.15, 0.2) is 0 Å². The van der Waals surface area contributed by atoms with Crippen molar-refractivity contribution in [2.75, 3.05) is 0 Å². The van der Waals surface area contributed by atoms with Crippen LogP contribution in [0.3, 0.4) is 0 Å². The van der Waals surface area contributed by atoms with Gasteiger partial charge in [0.2, 0.25) is 0 Å². The molecule has 2 rings (SSSR count). The molecule has 0 N–H and O–H groups in total. The highest BCUT2D eigenvalue weighted by Gasteiger charge is 2.23. The summed E-state index contributed by atoms with van der Waals surface area (Å²) in [5, 5.41) is 0. The first-order valence-corrected chi connectivity index (χ1v) is 13.1. The van der Waals surface area contributed by atoms with Crippen molar-refractivity contribution in [3.63, 3.8) is 0 Å². The molecule has 0 aromatic carbocycles. The second-order valence-electron chi connectivity index (χ2n) is 8.41. The van der Waals surface area contributed by atoms with E-state index >= 15 is 0 Å². The Labute approximate surface area is 177 Å². The van der Waals surface area contributed by atoms with Gasteiger partial charge in [-0.1, -0.05) is 67.5 Å². The van der Waals surface area contributed by atoms with E-state index in [2.05, 4.69) is 92.6 Å². The van der Waals surface area contributed by atoms with Gasteiger partial charge in [0, 0.05) is 0 Å². The van der Waals surface area contributed by atoms with Gasteiger partial charge >= 0.3 is 0 Å². The number of aromatic nitrogens is 2. The highest BCUT2D eigenvalue weighted by Crippen LogP contribution is 2.45. The minimum atomic E-state index is -0.268. The van der Waals surface area contributed by atoms with Gasteiger partial charge in [-0.3, -0.25) is 0 Å². The predicted octanol–water partition coefficient (Wildman–Crippen LogP) is 5.12. The van der Waals surface area contributed by atoms with Crippen LogP contribution >= 0.6 is 15.8 Å². The van der Waals surface area contributed by atoms with Crippen LogP contribution in [0.25, 0.3) is 11.4 Å². The molecule has 0 atom stereocenters. The zero-order valence-corrected chi connectivity index (χ0v) is 20.3. The number of aryl methyl sites for hydroxylation is 1. The maximum atomic E-state index is 5.15. The van der Waals surface area contributed by atoms with Crippen LogP contribution in [-0.2, 0) is 0 Å². The molecule has 2 nitrogen and oxygen atoms in total. The summed E-state index contributed by atoms with van der Waals surface area (Å²) in [6, 6.07) is 11.0. The molecule has 0 fully saturated rings. The standard InChI is InChI=1S/C23H36N2P2.BH3/c1-15(2)26(16(3)4)21-12-10-11-20(24-21)23-19(9)13-14-22(25-23)27(17(5)6)18(7)8;/h10-18H,1-9H3;1H3. The van der Waals surface area contributed by atoms with Gasteiger partial charge in [-0.05, 0) is 69.2 Å². The number of nitrogens with zero attached hydrogens (tertiary/aromatic N) is 2. The van der Waals surface area contributed by atoms with Crippen molar-refractivity contribution in [2.24, 2.45) is 0 Å². The van der Waals surface area contributed by atoms with Gasteiger partial charge in [-0.15, -0.1) is 0 Å². The normalized spacial score (nSPS) is 12.0. The Kier molecular flexibility index (Phi) is 9.78. The van der Waals surface area contributed by atoms with Crippen molar-refractivity contribution >= 4 is 35.1 Å². The molecule has 0 aliphatic heterocycles. The van der Waals surface area contributed by atoms with Crippen LogP contribution in [-0.4, -0.2) is 41.0 Å². The van der Waals surface area contributed by atoms with E-state index in [1.165, 1.54) is 16.4 Å². The second-order valence-corrected chi connectivity index (χ2v) is 15.1. The SMILES string of the molecule is B.Cc1ccc(P(C(C)C)C(C)C)nc1-c1cccc(P(C(C)C)C(C)C)n1. The summed E-state index contributed by atoms with van der Waals surface area (Å²) in [5.74, 6) is 0. The molecular formula is C23H39BN2P2. The quantitative estimate of drug-likeness (QED) is 0.463. The lowest BCUT2D eigenvalue weighted by Gasteiger charge is -2.26. The maximum Gasteiger partial charge on any atom is 0.0923 e. The van der Waals surface area contributed by atoms with Crippen molar-refractivity contribution in [3.05, 3.63) is 35.9 Å². The first-order chi connectivity index (χ1) is 12.6. The molecule has 0 spiro atoms. The monoisotopic (exact) mass is 416 g/mol. The third kappa shape index (κ3) is 5.87. The number of pyridine rings is 2. The highest BCUT2D eigenvalue weighted by atomic mass is 31.1. The first-order valence-electron chi connectivity index (χ1n) is 10.1. The topological polar surface area (TPSA) is 25.8 Å². The van der Waals surface area contributed by atoms with Crippen molar-refractivity contribution in [2.45, 2.75) is 84.9 Å². The van der Waals surface area contributed by atoms with Crippen molar-refractivity contribution < 1.29 is 0 Å². The van der Waals surface area contributed by atoms with E-state index in [0.29, 0.717) is 22.6 Å². The fraction of sp³-hybridized carbons (Fsp3) is 0.565. The fourth-order valence-electron chi connectivity index (χ4n) is 3.87. The van der Waals surface area contributed by atoms with Gasteiger partial charge in [0.05, 0.1) is 30.7 Å². The third-order valence-electron chi connectivity index (χ3n) is 4.81. The van der Waals surface area contributed by atoms with Gasteiger partial charge in [0.25, 0.3) is 0 Å². The van der Waals surface area contributed by atoms with Gasteiger partial charge in [-0.2, -0.15) is 0 Å². The van der Waals surface area contributed by atoms with Crippen LogP contribution in [0.2, 0.25) is 0 Å². The van der Waals surface area contributed by atoms with Crippen molar-refractivity contribution in [3.8, 4) is 11.4 Å². The molecule has 0 amide bonds. The van der Waals surface area contributed by atoms with Crippen LogP contribution in [0.5, 0.6) is 0 Å². The summed E-state index contributed by atoms with van der Waals surface area (Å²) in [7, 11) is -0.534. The molecule has 2 heterocycles. The van der Waals surface area contributed by atoms with E-state index < -0.39 is 0 Å². The fourth-order valence-corrected chi connectivity index (χ4v) is 9.32. The smallest absolute Gasteiger partial charge is 0.0923 e. The number of hydrogen-bond acceptors (Lipinski definition) is 2. The molecule has 154 valence electrons. The summed E-state index contributed by atoms with van der Waals surface area (Å²) in [6.45, 7) is 20.7. The molecule has 0 saturated carbocycles. The Morgan fingerprint density at radius 3 is 1.57 bits per heavy atom. The van der Waals surface area contributed by atoms with Crippen LogP contribution < -0.4 is 10.9 Å². The molecule has 0 unspecified atom stereocenters. The van der Waals surface area contributed by atoms with Gasteiger partial charge < -0.3 is 0 Å². The van der Waals surface area contributed by atoms with Crippen molar-refractivity contribution in [1.82, 2.24) is 9.97 Å². The molecule has 0 saturated heterocycles. The molecule has 0 radical (unpaired) electrons. The van der Waals surface area contributed by atoms with Gasteiger partial charge in [0.1, 0.15) is 0 Å². The zero-order chi connectivity index (χ0) is 20.3. The molecule has 0 bridgehead atoms. The lowest BCUT2D eigenvalue weighted by Crippen LogP contribution is -2.20. The Hall–Kier alpha value is -0.775. The minimum absolute atomic E-state index is 0. The van der Waals surface area contributed by atoms with Crippen LogP contribution in [0, 0.1) is 6.92 Å². The summed E-state index contributed by atoms with van der Waals surface area (Å²) >= 11 is 0. The third-order valence-corrected chi connectivity index (χ3v) is 10.8. The van der Waals surface area contributed by atoms with Crippen LogP contribution in [0.15, 0.2) is 30.3 Å². The van der Waals surface area contributed by atoms with Crippen LogP contribution in [0.1, 0.15) is 61.0 Å². The van der Waals surface area contributed by atoms with Crippen molar-refractivity contribution in [1.29, 1.82) is 0 Å². The Morgan fingerprint density at radius 1 is 0.643 bits per heavy atom. The molecule has 2 aromatic heterocycles. The summed E-state index contributed by atoms with van der Waals surface area (Å²) in [5.41, 5.74) is 8.37. The predicted molar refractivity (Wildman–Crippen MR) is 136 cm³/mol. The van der Waals surface area contributed by atoms with Gasteiger partial charge in [-0.25, -0.2) is 9.97 Å². The number of rotatable bonds is 7. The van der Waals surface area contributed by atoms with Crippen LogP contribution in [0.4, 0.5) is 0 Å². The summed E-state index contributed by atoms with van der Waals surface area (Å²) in [6.07, 6.45) is 0. The summed E-state index contributed by atoms with van der Waals surface area (Å²) < 4.78 is 0. The van der Waals surface area contributed by atoms with E-state index in [1.807, 2.05) is 0 Å². The largest absolute Gasteiger partial charge is 0.246 e. The molecule has 0 aliphatic rings. The average Bonchev–Trinajstić information content (AvgIpc) is 2.55. The van der Waals surface area contributed by atoms with E-state index in [0.717, 1.165) is 11.4 Å². The Balaban J connectivity index is 0.00000392. The molecule has 0 aliphatic carbocycles. The first kappa shape index (κ1) is 25.3. The second kappa shape index (κ2) is 10.8.